The van der Waals surface area contributed by atoms with Crippen molar-refractivity contribution < 1.29 is 0 Å². The SMILES string of the molecule is CC(C)NCCCn1c(Sc2cc(Cl)cc([131I])c2)nc2c(N)ncnc21. The quantitative estimate of drug-likeness (QED) is 0.369. The number of nitrogens with one attached hydrogen (secondary N) is 1. The number of rotatable bonds is 7. The fourth-order valence-electron chi connectivity index (χ4n) is 2.53. The Balaban J connectivity index is 1.92. The molecule has 0 aliphatic heterocycles. The molecule has 0 bridgehead atoms. The summed E-state index contributed by atoms with van der Waals surface area (Å²) in [5.74, 6) is 0.400. The molecule has 26 heavy (non-hydrogen) atoms. The van der Waals surface area contributed by atoms with Crippen LogP contribution in [-0.2, 0) is 6.54 Å². The minimum atomic E-state index is 0.400. The number of imidazole rings is 1. The Hall–Kier alpha value is -1.10. The van der Waals surface area contributed by atoms with Crippen molar-refractivity contribution in [2.24, 2.45) is 0 Å². The molecular formula is C17H20ClIN6S. The van der Waals surface area contributed by atoms with Crippen LogP contribution in [0.2, 0.25) is 5.02 Å². The van der Waals surface area contributed by atoms with Crippen molar-refractivity contribution in [2.45, 2.75) is 42.9 Å². The monoisotopic (exact) mass is 506 g/mol. The van der Waals surface area contributed by atoms with E-state index >= 15 is 0 Å². The zero-order valence-electron chi connectivity index (χ0n) is 14.5. The van der Waals surface area contributed by atoms with Crippen molar-refractivity contribution in [3.8, 4) is 0 Å². The molecule has 3 N–H and O–H groups in total. The molecule has 0 atom stereocenters. The van der Waals surface area contributed by atoms with Crippen molar-refractivity contribution >= 4 is 62.9 Å². The van der Waals surface area contributed by atoms with E-state index in [1.807, 2.05) is 12.1 Å². The van der Waals surface area contributed by atoms with Crippen LogP contribution in [0.15, 0.2) is 34.6 Å². The molecule has 1 aromatic carbocycles. The normalized spacial score (nSPS) is 11.6. The molecule has 3 rings (SSSR count). The lowest BCUT2D eigenvalue weighted by atomic mass is 10.3. The van der Waals surface area contributed by atoms with Gasteiger partial charge in [0.1, 0.15) is 6.33 Å². The topological polar surface area (TPSA) is 81.7 Å². The van der Waals surface area contributed by atoms with E-state index in [1.165, 1.54) is 6.33 Å². The van der Waals surface area contributed by atoms with E-state index in [0.29, 0.717) is 22.4 Å². The highest BCUT2D eigenvalue weighted by Gasteiger charge is 2.16. The van der Waals surface area contributed by atoms with Gasteiger partial charge in [0.25, 0.3) is 0 Å². The first-order valence-corrected chi connectivity index (χ1v) is 10.6. The lowest BCUT2D eigenvalue weighted by Gasteiger charge is -2.11. The molecule has 0 spiro atoms. The molecule has 0 unspecified atom stereocenters. The molecule has 0 saturated carbocycles. The van der Waals surface area contributed by atoms with Crippen LogP contribution in [0.3, 0.4) is 0 Å². The van der Waals surface area contributed by atoms with Crippen molar-refractivity contribution in [1.29, 1.82) is 0 Å². The van der Waals surface area contributed by atoms with Gasteiger partial charge in [-0.1, -0.05) is 37.2 Å². The third-order valence-corrected chi connectivity index (χ3v) is 5.49. The first-order valence-electron chi connectivity index (χ1n) is 8.28. The van der Waals surface area contributed by atoms with Crippen LogP contribution in [-0.4, -0.2) is 32.1 Å². The first-order chi connectivity index (χ1) is 12.4. The fraction of sp³-hybridized carbons (Fsp3) is 0.353. The van der Waals surface area contributed by atoms with Gasteiger partial charge >= 0.3 is 0 Å². The average Bonchev–Trinajstić information content (AvgIpc) is 2.89. The van der Waals surface area contributed by atoms with Gasteiger partial charge in [-0.05, 0) is 53.8 Å². The third-order valence-electron chi connectivity index (χ3n) is 3.68. The van der Waals surface area contributed by atoms with E-state index in [1.54, 1.807) is 11.8 Å². The third kappa shape index (κ3) is 4.79. The zero-order valence-corrected chi connectivity index (χ0v) is 18.3. The zero-order chi connectivity index (χ0) is 18.7. The van der Waals surface area contributed by atoms with Gasteiger partial charge in [-0.2, -0.15) is 0 Å². The summed E-state index contributed by atoms with van der Waals surface area (Å²) in [6, 6.07) is 6.41. The van der Waals surface area contributed by atoms with Gasteiger partial charge in [0.05, 0.1) is 0 Å². The predicted octanol–water partition coefficient (Wildman–Crippen LogP) is 4.21. The van der Waals surface area contributed by atoms with E-state index in [9.17, 15) is 0 Å². The van der Waals surface area contributed by atoms with E-state index in [0.717, 1.165) is 38.8 Å². The second-order valence-electron chi connectivity index (χ2n) is 6.15. The van der Waals surface area contributed by atoms with Crippen molar-refractivity contribution in [3.63, 3.8) is 0 Å². The second kappa shape index (κ2) is 8.73. The van der Waals surface area contributed by atoms with Gasteiger partial charge in [0.15, 0.2) is 22.1 Å². The molecule has 0 aliphatic rings. The van der Waals surface area contributed by atoms with Crippen molar-refractivity contribution in [2.75, 3.05) is 12.3 Å². The molecule has 6 nitrogen and oxygen atoms in total. The van der Waals surface area contributed by atoms with Crippen LogP contribution in [0.4, 0.5) is 5.82 Å². The number of hydrogen-bond donors (Lipinski definition) is 2. The van der Waals surface area contributed by atoms with Gasteiger partial charge in [0, 0.05) is 26.1 Å². The summed E-state index contributed by atoms with van der Waals surface area (Å²) in [4.78, 5) is 14.2. The molecule has 0 fully saturated rings. The predicted molar refractivity (Wildman–Crippen MR) is 116 cm³/mol. The number of aryl methyl sites for hydroxylation is 1. The second-order valence-corrected chi connectivity index (χ2v) is 8.87. The van der Waals surface area contributed by atoms with E-state index in [4.69, 9.17) is 22.3 Å². The molecule has 0 saturated heterocycles. The maximum absolute atomic E-state index is 6.20. The van der Waals surface area contributed by atoms with Gasteiger partial charge in [-0.25, -0.2) is 15.0 Å². The highest BCUT2D eigenvalue weighted by molar-refractivity contribution is 14.1. The summed E-state index contributed by atoms with van der Waals surface area (Å²) in [6.07, 6.45) is 2.45. The molecule has 0 radical (unpaired) electrons. The number of nitrogens with two attached hydrogens (primary N) is 1. The van der Waals surface area contributed by atoms with E-state index in [2.05, 4.69) is 62.4 Å². The standard InChI is InChI=1S/C17H20ClIN6S/c1-10(2)21-4-3-5-25-16-14(15(20)22-9-23-16)24-17(25)26-13-7-11(18)6-12(19)8-13/h6-10,21H,3-5H2,1-2H3,(H2,20,22,23)/i19+4. The Kier molecular flexibility index (Phi) is 6.60. The van der Waals surface area contributed by atoms with Gasteiger partial charge in [0.2, 0.25) is 0 Å². The first kappa shape index (κ1) is 19.7. The van der Waals surface area contributed by atoms with Crippen LogP contribution in [0.5, 0.6) is 0 Å². The smallest absolute Gasteiger partial charge is 0.175 e. The summed E-state index contributed by atoms with van der Waals surface area (Å²) < 4.78 is 3.19. The Morgan fingerprint density at radius 2 is 2.12 bits per heavy atom. The molecule has 9 heteroatoms. The minimum absolute atomic E-state index is 0.400. The summed E-state index contributed by atoms with van der Waals surface area (Å²) in [5.41, 5.74) is 7.41. The van der Waals surface area contributed by atoms with Crippen LogP contribution in [0, 0.1) is 3.57 Å². The molecule has 3 aromatic rings. The maximum atomic E-state index is 6.20. The summed E-state index contributed by atoms with van der Waals surface area (Å²) >= 11 is 10.0. The number of hydrogen-bond acceptors (Lipinski definition) is 6. The Bertz CT molecular complexity index is 893. The maximum Gasteiger partial charge on any atom is 0.175 e. The van der Waals surface area contributed by atoms with Crippen molar-refractivity contribution in [3.05, 3.63) is 33.1 Å². The molecule has 0 aliphatic carbocycles. The number of anilines is 1. The fourth-order valence-corrected chi connectivity index (χ4v) is 4.91. The molecule has 0 amide bonds. The number of benzene rings is 1. The van der Waals surface area contributed by atoms with Crippen LogP contribution < -0.4 is 11.1 Å². The summed E-state index contributed by atoms with van der Waals surface area (Å²) in [6.45, 7) is 6.01. The average molecular weight is 507 g/mol. The molecular weight excluding hydrogens is 487 g/mol. The molecule has 138 valence electrons. The van der Waals surface area contributed by atoms with Crippen molar-refractivity contribution in [1.82, 2.24) is 24.8 Å². The number of nitrogen functional groups attached to an aromatic ring is 1. The molecule has 2 heterocycles. The highest BCUT2D eigenvalue weighted by Crippen LogP contribution is 2.33. The number of nitrogens with zero attached hydrogens (tertiary/aromatic N) is 4. The number of fused-ring (bicyclic) bond motifs is 1. The Morgan fingerprint density at radius 3 is 2.85 bits per heavy atom. The van der Waals surface area contributed by atoms with Gasteiger partial charge in [-0.3, -0.25) is 0 Å². The lowest BCUT2D eigenvalue weighted by molar-refractivity contribution is 0.525. The summed E-state index contributed by atoms with van der Waals surface area (Å²) in [5, 5.41) is 4.99. The van der Waals surface area contributed by atoms with Gasteiger partial charge in [-0.15, -0.1) is 0 Å². The van der Waals surface area contributed by atoms with E-state index < -0.39 is 0 Å². The number of halogens is 2. The largest absolute Gasteiger partial charge is 0.382 e. The Labute approximate surface area is 175 Å². The summed E-state index contributed by atoms with van der Waals surface area (Å²) in [7, 11) is 0. The molecule has 2 aromatic heterocycles. The van der Waals surface area contributed by atoms with E-state index in [-0.39, 0.29) is 0 Å². The van der Waals surface area contributed by atoms with Crippen LogP contribution >= 0.6 is 46.0 Å². The Morgan fingerprint density at radius 1 is 1.31 bits per heavy atom. The minimum Gasteiger partial charge on any atom is -0.382 e. The number of aromatic nitrogens is 4. The lowest BCUT2D eigenvalue weighted by Crippen LogP contribution is -2.24. The van der Waals surface area contributed by atoms with Crippen LogP contribution in [0.1, 0.15) is 20.3 Å². The van der Waals surface area contributed by atoms with Gasteiger partial charge < -0.3 is 15.6 Å². The highest BCUT2D eigenvalue weighted by atomic mass is 131. The van der Waals surface area contributed by atoms with Crippen LogP contribution in [0.25, 0.3) is 11.2 Å².